The highest BCUT2D eigenvalue weighted by Crippen LogP contribution is 2.30. The first kappa shape index (κ1) is 23.9. The number of benzene rings is 2. The Morgan fingerprint density at radius 2 is 1.97 bits per heavy atom. The van der Waals surface area contributed by atoms with Crippen molar-refractivity contribution in [1.29, 1.82) is 0 Å². The maximum atomic E-state index is 13.6. The zero-order valence-electron chi connectivity index (χ0n) is 17.3. The van der Waals surface area contributed by atoms with Gasteiger partial charge >= 0.3 is 0 Å². The van der Waals surface area contributed by atoms with E-state index >= 15 is 0 Å². The molecule has 0 bridgehead atoms. The summed E-state index contributed by atoms with van der Waals surface area (Å²) in [7, 11) is 0. The molecule has 166 valence electrons. The first-order valence-electron chi connectivity index (χ1n) is 9.96. The number of ether oxygens (including phenoxy) is 1. The van der Waals surface area contributed by atoms with Gasteiger partial charge in [0.15, 0.2) is 5.13 Å². The number of morpholine rings is 1. The van der Waals surface area contributed by atoms with Crippen molar-refractivity contribution in [1.82, 2.24) is 9.88 Å². The Balaban J connectivity index is 0.00000272. The van der Waals surface area contributed by atoms with Gasteiger partial charge in [-0.05, 0) is 55.1 Å². The summed E-state index contributed by atoms with van der Waals surface area (Å²) in [5, 5.41) is 0.608. The average Bonchev–Trinajstić information content (AvgIpc) is 3.20. The van der Waals surface area contributed by atoms with E-state index < -0.39 is 0 Å². The van der Waals surface area contributed by atoms with Crippen molar-refractivity contribution >= 4 is 56.8 Å². The summed E-state index contributed by atoms with van der Waals surface area (Å²) in [6.45, 7) is 4.82. The molecule has 0 unspecified atom stereocenters. The van der Waals surface area contributed by atoms with E-state index in [0.29, 0.717) is 22.8 Å². The fourth-order valence-corrected chi connectivity index (χ4v) is 4.88. The lowest BCUT2D eigenvalue weighted by Gasteiger charge is -2.27. The molecule has 2 heterocycles. The Bertz CT molecular complexity index is 1010. The van der Waals surface area contributed by atoms with Crippen LogP contribution in [0.2, 0.25) is 0 Å². The molecule has 0 radical (unpaired) electrons. The van der Waals surface area contributed by atoms with Gasteiger partial charge in [-0.2, -0.15) is 0 Å². The molecule has 1 aromatic heterocycles. The van der Waals surface area contributed by atoms with Crippen molar-refractivity contribution < 1.29 is 13.9 Å². The lowest BCUT2D eigenvalue weighted by molar-refractivity contribution is 0.0376. The highest BCUT2D eigenvalue weighted by molar-refractivity contribution is 7.98. The fourth-order valence-electron chi connectivity index (χ4n) is 3.45. The van der Waals surface area contributed by atoms with Crippen molar-refractivity contribution in [2.45, 2.75) is 11.3 Å². The number of nitrogens with zero attached hydrogens (tertiary/aromatic N) is 3. The van der Waals surface area contributed by atoms with Crippen LogP contribution in [0.1, 0.15) is 16.8 Å². The predicted molar refractivity (Wildman–Crippen MR) is 129 cm³/mol. The number of hydrogen-bond donors (Lipinski definition) is 0. The molecule has 0 aliphatic carbocycles. The molecule has 1 amide bonds. The molecule has 5 nitrogen and oxygen atoms in total. The van der Waals surface area contributed by atoms with Gasteiger partial charge in [-0.25, -0.2) is 9.37 Å². The number of anilines is 1. The number of thioether (sulfide) groups is 1. The van der Waals surface area contributed by atoms with Crippen LogP contribution in [0.15, 0.2) is 47.4 Å². The van der Waals surface area contributed by atoms with E-state index in [1.165, 1.54) is 23.5 Å². The van der Waals surface area contributed by atoms with Gasteiger partial charge in [0.05, 0.1) is 23.4 Å². The summed E-state index contributed by atoms with van der Waals surface area (Å²) < 4.78 is 19.8. The molecule has 1 aliphatic rings. The van der Waals surface area contributed by atoms with E-state index in [1.54, 1.807) is 22.7 Å². The summed E-state index contributed by atoms with van der Waals surface area (Å²) in [6, 6.07) is 12.2. The number of carbonyl (C=O) groups excluding carboxylic acids is 1. The minimum atomic E-state index is -0.296. The number of amides is 1. The van der Waals surface area contributed by atoms with E-state index in [0.717, 1.165) is 48.9 Å². The van der Waals surface area contributed by atoms with Crippen LogP contribution < -0.4 is 4.90 Å². The van der Waals surface area contributed by atoms with Gasteiger partial charge in [0.1, 0.15) is 5.82 Å². The summed E-state index contributed by atoms with van der Waals surface area (Å²) in [5.41, 5.74) is 1.34. The van der Waals surface area contributed by atoms with Crippen LogP contribution in [0.4, 0.5) is 9.52 Å². The third-order valence-corrected chi connectivity index (χ3v) is 6.90. The third kappa shape index (κ3) is 5.96. The number of thiazole rings is 1. The molecule has 3 aromatic rings. The number of rotatable bonds is 7. The largest absolute Gasteiger partial charge is 0.379 e. The zero-order chi connectivity index (χ0) is 20.9. The Hall–Kier alpha value is -1.71. The highest BCUT2D eigenvalue weighted by atomic mass is 35.5. The Morgan fingerprint density at radius 1 is 1.23 bits per heavy atom. The summed E-state index contributed by atoms with van der Waals surface area (Å²) in [5.74, 6) is -0.375. The Kier molecular flexibility index (Phi) is 8.68. The van der Waals surface area contributed by atoms with Crippen molar-refractivity contribution in [3.8, 4) is 0 Å². The van der Waals surface area contributed by atoms with Crippen LogP contribution in [0.25, 0.3) is 10.2 Å². The molecular formula is C22H25ClFN3O2S2. The van der Waals surface area contributed by atoms with E-state index in [4.69, 9.17) is 4.74 Å². The molecular weight excluding hydrogens is 457 g/mol. The molecule has 4 rings (SSSR count). The first-order chi connectivity index (χ1) is 14.6. The molecule has 0 atom stereocenters. The highest BCUT2D eigenvalue weighted by Gasteiger charge is 2.22. The molecule has 0 saturated carbocycles. The minimum absolute atomic E-state index is 0. The number of fused-ring (bicyclic) bond motifs is 1. The van der Waals surface area contributed by atoms with Crippen molar-refractivity contribution in [3.05, 3.63) is 53.8 Å². The van der Waals surface area contributed by atoms with Crippen molar-refractivity contribution in [2.75, 3.05) is 50.5 Å². The smallest absolute Gasteiger partial charge is 0.260 e. The molecule has 0 N–H and O–H groups in total. The second-order valence-electron chi connectivity index (χ2n) is 7.10. The van der Waals surface area contributed by atoms with Gasteiger partial charge in [0.25, 0.3) is 5.91 Å². The van der Waals surface area contributed by atoms with Crippen molar-refractivity contribution in [2.24, 2.45) is 0 Å². The molecule has 1 fully saturated rings. The van der Waals surface area contributed by atoms with E-state index in [1.807, 2.05) is 30.5 Å². The summed E-state index contributed by atoms with van der Waals surface area (Å²) in [4.78, 5) is 23.2. The lowest BCUT2D eigenvalue weighted by Crippen LogP contribution is -2.39. The van der Waals surface area contributed by atoms with Crippen LogP contribution in [0.5, 0.6) is 0 Å². The van der Waals surface area contributed by atoms with E-state index in [2.05, 4.69) is 9.88 Å². The van der Waals surface area contributed by atoms with Gasteiger partial charge in [0, 0.05) is 36.6 Å². The maximum Gasteiger partial charge on any atom is 0.260 e. The second-order valence-corrected chi connectivity index (χ2v) is 8.99. The van der Waals surface area contributed by atoms with Crippen LogP contribution in [-0.2, 0) is 4.74 Å². The number of halogens is 2. The lowest BCUT2D eigenvalue weighted by atomic mass is 10.2. The monoisotopic (exact) mass is 481 g/mol. The van der Waals surface area contributed by atoms with Crippen LogP contribution in [0, 0.1) is 5.82 Å². The SMILES string of the molecule is CSc1ccc(C(=O)N(CCCN2CCOCC2)c2nc3ccc(F)cc3s2)cc1.Cl. The molecule has 31 heavy (non-hydrogen) atoms. The zero-order valence-corrected chi connectivity index (χ0v) is 19.7. The van der Waals surface area contributed by atoms with Crippen LogP contribution in [0.3, 0.4) is 0 Å². The van der Waals surface area contributed by atoms with Crippen LogP contribution >= 0.6 is 35.5 Å². The topological polar surface area (TPSA) is 45.7 Å². The van der Waals surface area contributed by atoms with Gasteiger partial charge < -0.3 is 4.74 Å². The van der Waals surface area contributed by atoms with Gasteiger partial charge in [-0.1, -0.05) is 11.3 Å². The number of hydrogen-bond acceptors (Lipinski definition) is 6. The third-order valence-electron chi connectivity index (χ3n) is 5.11. The molecule has 1 aliphatic heterocycles. The quantitative estimate of drug-likeness (QED) is 0.447. The van der Waals surface area contributed by atoms with Gasteiger partial charge in [-0.15, -0.1) is 24.2 Å². The normalized spacial score (nSPS) is 14.4. The first-order valence-corrected chi connectivity index (χ1v) is 12.0. The Morgan fingerprint density at radius 3 is 2.68 bits per heavy atom. The fraction of sp³-hybridized carbons (Fsp3) is 0.364. The number of carbonyl (C=O) groups is 1. The summed E-state index contributed by atoms with van der Waals surface area (Å²) in [6.07, 6.45) is 2.84. The average molecular weight is 482 g/mol. The molecule has 0 spiro atoms. The second kappa shape index (κ2) is 11.2. The minimum Gasteiger partial charge on any atom is -0.379 e. The molecule has 2 aromatic carbocycles. The van der Waals surface area contributed by atoms with Gasteiger partial charge in [-0.3, -0.25) is 14.6 Å². The van der Waals surface area contributed by atoms with Crippen molar-refractivity contribution in [3.63, 3.8) is 0 Å². The maximum absolute atomic E-state index is 13.6. The van der Waals surface area contributed by atoms with Crippen LogP contribution in [-0.4, -0.2) is 61.4 Å². The standard InChI is InChI=1S/C22H24FN3O2S2.ClH/c1-29-18-6-3-16(4-7-18)21(27)26(10-2-9-25-11-13-28-14-12-25)22-24-19-8-5-17(23)15-20(19)30-22;/h3-8,15H,2,9-14H2,1H3;1H. The molecule has 1 saturated heterocycles. The summed E-state index contributed by atoms with van der Waals surface area (Å²) >= 11 is 2.99. The van der Waals surface area contributed by atoms with E-state index in [-0.39, 0.29) is 24.1 Å². The Labute approximate surface area is 196 Å². The molecule has 9 heteroatoms. The van der Waals surface area contributed by atoms with Gasteiger partial charge in [0.2, 0.25) is 0 Å². The predicted octanol–water partition coefficient (Wildman–Crippen LogP) is 4.95. The number of aromatic nitrogens is 1. The van der Waals surface area contributed by atoms with E-state index in [9.17, 15) is 9.18 Å².